The molecular weight excluding hydrogens is 356 g/mol. The Balaban J connectivity index is 1.98. The molecule has 140 valence electrons. The van der Waals surface area contributed by atoms with E-state index in [0.717, 1.165) is 48.1 Å². The van der Waals surface area contributed by atoms with Crippen LogP contribution >= 0.6 is 0 Å². The Hall–Kier alpha value is -2.40. The molecule has 1 aliphatic rings. The van der Waals surface area contributed by atoms with Gasteiger partial charge in [0.2, 0.25) is 9.84 Å². The maximum absolute atomic E-state index is 13.4. The quantitative estimate of drug-likeness (QED) is 0.657. The first kappa shape index (κ1) is 18.0. The number of sulfone groups is 1. The Kier molecular flexibility index (Phi) is 4.87. The summed E-state index contributed by atoms with van der Waals surface area (Å²) < 4.78 is 26.9. The third-order valence-corrected chi connectivity index (χ3v) is 7.00. The molecule has 0 saturated carbocycles. The van der Waals surface area contributed by atoms with E-state index >= 15 is 0 Å². The zero-order chi connectivity index (χ0) is 18.9. The highest BCUT2D eigenvalue weighted by Crippen LogP contribution is 2.37. The molecule has 2 heterocycles. The van der Waals surface area contributed by atoms with Gasteiger partial charge in [0, 0.05) is 24.7 Å². The van der Waals surface area contributed by atoms with Crippen molar-refractivity contribution in [1.82, 2.24) is 4.98 Å². The Morgan fingerprint density at radius 3 is 2.33 bits per heavy atom. The van der Waals surface area contributed by atoms with Gasteiger partial charge in [-0.3, -0.25) is 4.98 Å². The molecule has 0 bridgehead atoms. The van der Waals surface area contributed by atoms with Gasteiger partial charge < -0.3 is 4.90 Å². The summed E-state index contributed by atoms with van der Waals surface area (Å²) in [6.07, 6.45) is 6.10. The second kappa shape index (κ2) is 7.31. The van der Waals surface area contributed by atoms with E-state index in [-0.39, 0.29) is 0 Å². The number of fused-ring (bicyclic) bond motifs is 1. The largest absolute Gasteiger partial charge is 0.370 e. The fraction of sp³-hybridized carbons (Fsp3) is 0.318. The van der Waals surface area contributed by atoms with Gasteiger partial charge in [0.15, 0.2) is 0 Å². The third kappa shape index (κ3) is 3.44. The van der Waals surface area contributed by atoms with Gasteiger partial charge in [0.1, 0.15) is 4.90 Å². The highest BCUT2D eigenvalue weighted by atomic mass is 32.2. The minimum Gasteiger partial charge on any atom is -0.370 e. The van der Waals surface area contributed by atoms with Crippen LogP contribution in [0.1, 0.15) is 31.2 Å². The fourth-order valence-corrected chi connectivity index (χ4v) is 5.27. The maximum Gasteiger partial charge on any atom is 0.210 e. The standard InChI is InChI=1S/C22H24N2O2S/c1-17-11-12-20-19(15-17)22(24-13-7-2-3-8-14-24)21(16-23-20)27(25,26)18-9-5-4-6-10-18/h4-6,9-12,15-16H,2-3,7-8,13-14H2,1H3. The SMILES string of the molecule is Cc1ccc2ncc(S(=O)(=O)c3ccccc3)c(N3CCCCCC3)c2c1. The summed E-state index contributed by atoms with van der Waals surface area (Å²) in [4.78, 5) is 7.37. The highest BCUT2D eigenvalue weighted by molar-refractivity contribution is 7.91. The summed E-state index contributed by atoms with van der Waals surface area (Å²) in [6, 6.07) is 14.7. The van der Waals surface area contributed by atoms with E-state index in [4.69, 9.17) is 0 Å². The number of nitrogens with zero attached hydrogens (tertiary/aromatic N) is 2. The average molecular weight is 381 g/mol. The Morgan fingerprint density at radius 2 is 1.63 bits per heavy atom. The van der Waals surface area contributed by atoms with Gasteiger partial charge in [-0.15, -0.1) is 0 Å². The number of hydrogen-bond donors (Lipinski definition) is 0. The molecule has 5 heteroatoms. The molecule has 3 aromatic rings. The van der Waals surface area contributed by atoms with Crippen LogP contribution in [0.4, 0.5) is 5.69 Å². The van der Waals surface area contributed by atoms with E-state index in [1.807, 2.05) is 25.1 Å². The van der Waals surface area contributed by atoms with Crippen LogP contribution in [-0.4, -0.2) is 26.5 Å². The fourth-order valence-electron chi connectivity index (χ4n) is 3.82. The number of aryl methyl sites for hydroxylation is 1. The van der Waals surface area contributed by atoms with Crippen molar-refractivity contribution < 1.29 is 8.42 Å². The van der Waals surface area contributed by atoms with E-state index in [1.165, 1.54) is 12.8 Å². The minimum absolute atomic E-state index is 0.314. The topological polar surface area (TPSA) is 50.3 Å². The Morgan fingerprint density at radius 1 is 0.926 bits per heavy atom. The number of benzene rings is 2. The van der Waals surface area contributed by atoms with Crippen LogP contribution in [0.5, 0.6) is 0 Å². The third-order valence-electron chi connectivity index (χ3n) is 5.23. The normalized spacial score (nSPS) is 15.7. The van der Waals surface area contributed by atoms with Crippen LogP contribution in [0.25, 0.3) is 10.9 Å². The van der Waals surface area contributed by atoms with E-state index in [0.29, 0.717) is 9.79 Å². The summed E-state index contributed by atoms with van der Waals surface area (Å²) in [5.41, 5.74) is 2.76. The van der Waals surface area contributed by atoms with Crippen LogP contribution in [0, 0.1) is 6.92 Å². The van der Waals surface area contributed by atoms with Crippen LogP contribution in [0.15, 0.2) is 64.5 Å². The van der Waals surface area contributed by atoms with Crippen molar-refractivity contribution in [3.8, 4) is 0 Å². The van der Waals surface area contributed by atoms with Crippen molar-refractivity contribution in [3.05, 3.63) is 60.3 Å². The minimum atomic E-state index is -3.64. The number of aromatic nitrogens is 1. The van der Waals surface area contributed by atoms with E-state index < -0.39 is 9.84 Å². The molecular formula is C22H24N2O2S. The molecule has 2 aromatic carbocycles. The van der Waals surface area contributed by atoms with Crippen molar-refractivity contribution in [3.63, 3.8) is 0 Å². The smallest absolute Gasteiger partial charge is 0.210 e. The molecule has 1 aliphatic heterocycles. The molecule has 0 radical (unpaired) electrons. The molecule has 0 atom stereocenters. The molecule has 1 fully saturated rings. The summed E-state index contributed by atoms with van der Waals surface area (Å²) in [5.74, 6) is 0. The Bertz CT molecular complexity index is 1050. The molecule has 0 spiro atoms. The van der Waals surface area contributed by atoms with E-state index in [9.17, 15) is 8.42 Å². The molecule has 1 aromatic heterocycles. The van der Waals surface area contributed by atoms with Gasteiger partial charge in [0.25, 0.3) is 0 Å². The van der Waals surface area contributed by atoms with Crippen molar-refractivity contribution in [2.45, 2.75) is 42.4 Å². The number of pyridine rings is 1. The maximum atomic E-state index is 13.4. The van der Waals surface area contributed by atoms with Gasteiger partial charge in [-0.2, -0.15) is 0 Å². The molecule has 0 unspecified atom stereocenters. The van der Waals surface area contributed by atoms with Crippen molar-refractivity contribution in [1.29, 1.82) is 0 Å². The number of rotatable bonds is 3. The highest BCUT2D eigenvalue weighted by Gasteiger charge is 2.27. The summed E-state index contributed by atoms with van der Waals surface area (Å²) in [6.45, 7) is 3.79. The second-order valence-electron chi connectivity index (χ2n) is 7.21. The predicted molar refractivity (Wildman–Crippen MR) is 109 cm³/mol. The molecule has 0 aliphatic carbocycles. The molecule has 27 heavy (non-hydrogen) atoms. The van der Waals surface area contributed by atoms with Gasteiger partial charge in [-0.25, -0.2) is 8.42 Å². The molecule has 4 rings (SSSR count). The zero-order valence-electron chi connectivity index (χ0n) is 15.6. The Labute approximate surface area is 160 Å². The first-order valence-corrected chi connectivity index (χ1v) is 11.0. The first-order valence-electron chi connectivity index (χ1n) is 9.52. The van der Waals surface area contributed by atoms with Gasteiger partial charge in [-0.05, 0) is 44.0 Å². The lowest BCUT2D eigenvalue weighted by molar-refractivity contribution is 0.595. The molecule has 0 N–H and O–H groups in total. The number of hydrogen-bond acceptors (Lipinski definition) is 4. The van der Waals surface area contributed by atoms with Crippen molar-refractivity contribution >= 4 is 26.4 Å². The van der Waals surface area contributed by atoms with Crippen molar-refractivity contribution in [2.24, 2.45) is 0 Å². The summed E-state index contributed by atoms with van der Waals surface area (Å²) in [5, 5.41) is 0.925. The second-order valence-corrected chi connectivity index (χ2v) is 9.13. The summed E-state index contributed by atoms with van der Waals surface area (Å²) >= 11 is 0. The lowest BCUT2D eigenvalue weighted by Gasteiger charge is -2.27. The zero-order valence-corrected chi connectivity index (χ0v) is 16.4. The van der Waals surface area contributed by atoms with E-state index in [2.05, 4.69) is 16.0 Å². The summed E-state index contributed by atoms with van der Waals surface area (Å²) in [7, 11) is -3.64. The van der Waals surface area contributed by atoms with Crippen LogP contribution in [-0.2, 0) is 9.84 Å². The molecule has 1 saturated heterocycles. The monoisotopic (exact) mass is 380 g/mol. The van der Waals surface area contributed by atoms with E-state index in [1.54, 1.807) is 30.5 Å². The molecule has 0 amide bonds. The van der Waals surface area contributed by atoms with Crippen LogP contribution in [0.3, 0.4) is 0 Å². The van der Waals surface area contributed by atoms with Crippen LogP contribution < -0.4 is 4.90 Å². The lowest BCUT2D eigenvalue weighted by Crippen LogP contribution is -2.26. The van der Waals surface area contributed by atoms with Gasteiger partial charge in [0.05, 0.1) is 16.1 Å². The average Bonchev–Trinajstić information content (AvgIpc) is 2.97. The predicted octanol–water partition coefficient (Wildman–Crippen LogP) is 4.76. The number of anilines is 1. The van der Waals surface area contributed by atoms with Gasteiger partial charge >= 0.3 is 0 Å². The lowest BCUT2D eigenvalue weighted by atomic mass is 10.1. The van der Waals surface area contributed by atoms with Crippen molar-refractivity contribution in [2.75, 3.05) is 18.0 Å². The molecule has 4 nitrogen and oxygen atoms in total. The first-order chi connectivity index (χ1) is 13.1. The van der Waals surface area contributed by atoms with Gasteiger partial charge in [-0.1, -0.05) is 42.7 Å². The van der Waals surface area contributed by atoms with Crippen LogP contribution in [0.2, 0.25) is 0 Å².